The summed E-state index contributed by atoms with van der Waals surface area (Å²) in [5.41, 5.74) is 1.60. The van der Waals surface area contributed by atoms with E-state index >= 15 is 0 Å². The second-order valence-electron chi connectivity index (χ2n) is 6.98. The van der Waals surface area contributed by atoms with Gasteiger partial charge in [0.15, 0.2) is 0 Å². The molecule has 3 heterocycles. The van der Waals surface area contributed by atoms with Crippen molar-refractivity contribution in [2.45, 2.75) is 32.4 Å². The summed E-state index contributed by atoms with van der Waals surface area (Å²) in [6.07, 6.45) is 4.65. The highest BCUT2D eigenvalue weighted by Crippen LogP contribution is 2.22. The number of carbonyl (C=O) groups is 1. The van der Waals surface area contributed by atoms with Gasteiger partial charge in [-0.2, -0.15) is 5.10 Å². The van der Waals surface area contributed by atoms with Crippen LogP contribution in [0.3, 0.4) is 0 Å². The Labute approximate surface area is 163 Å². The van der Waals surface area contributed by atoms with Gasteiger partial charge in [0, 0.05) is 37.7 Å². The van der Waals surface area contributed by atoms with Gasteiger partial charge in [-0.05, 0) is 31.5 Å². The van der Waals surface area contributed by atoms with Gasteiger partial charge in [-0.15, -0.1) is 0 Å². The predicted molar refractivity (Wildman–Crippen MR) is 104 cm³/mol. The van der Waals surface area contributed by atoms with E-state index in [1.807, 2.05) is 59.1 Å². The minimum Gasteiger partial charge on any atom is -0.441 e. The summed E-state index contributed by atoms with van der Waals surface area (Å²) in [6.45, 7) is 4.39. The van der Waals surface area contributed by atoms with Crippen molar-refractivity contribution in [3.05, 3.63) is 60.2 Å². The van der Waals surface area contributed by atoms with E-state index in [4.69, 9.17) is 9.15 Å². The first kappa shape index (κ1) is 18.4. The number of aromatic nitrogens is 3. The minimum atomic E-state index is -0.0652. The summed E-state index contributed by atoms with van der Waals surface area (Å²) in [6, 6.07) is 11.6. The van der Waals surface area contributed by atoms with Gasteiger partial charge in [-0.25, -0.2) is 4.98 Å². The lowest BCUT2D eigenvalue weighted by molar-refractivity contribution is -0.131. The zero-order valence-electron chi connectivity index (χ0n) is 16.0. The van der Waals surface area contributed by atoms with Crippen molar-refractivity contribution in [2.24, 2.45) is 0 Å². The van der Waals surface area contributed by atoms with Gasteiger partial charge in [-0.1, -0.05) is 18.2 Å². The van der Waals surface area contributed by atoms with E-state index in [1.165, 1.54) is 0 Å². The van der Waals surface area contributed by atoms with Crippen LogP contribution in [-0.4, -0.2) is 51.4 Å². The van der Waals surface area contributed by atoms with E-state index in [1.54, 1.807) is 6.20 Å². The number of nitrogens with zero attached hydrogens (tertiary/aromatic N) is 4. The second kappa shape index (κ2) is 8.39. The molecule has 1 aliphatic heterocycles. The lowest BCUT2D eigenvalue weighted by Gasteiger charge is -2.23. The van der Waals surface area contributed by atoms with Gasteiger partial charge in [0.25, 0.3) is 0 Å². The van der Waals surface area contributed by atoms with Gasteiger partial charge in [0.1, 0.15) is 5.76 Å². The number of hydrogen-bond donors (Lipinski definition) is 0. The Kier molecular flexibility index (Phi) is 5.53. The predicted octanol–water partition coefficient (Wildman–Crippen LogP) is 2.71. The van der Waals surface area contributed by atoms with Gasteiger partial charge >= 0.3 is 0 Å². The molecule has 2 aromatic heterocycles. The second-order valence-corrected chi connectivity index (χ2v) is 6.98. The van der Waals surface area contributed by atoms with Gasteiger partial charge in [0.2, 0.25) is 11.8 Å². The van der Waals surface area contributed by atoms with Crippen molar-refractivity contribution in [1.82, 2.24) is 19.7 Å². The summed E-state index contributed by atoms with van der Waals surface area (Å²) in [5, 5.41) is 4.23. The fourth-order valence-electron chi connectivity index (χ4n) is 3.40. The minimum absolute atomic E-state index is 0.0481. The molecule has 0 N–H and O–H groups in total. The Bertz CT molecular complexity index is 905. The summed E-state index contributed by atoms with van der Waals surface area (Å²) >= 11 is 0. The van der Waals surface area contributed by atoms with Crippen LogP contribution in [0.4, 0.5) is 0 Å². The topological polar surface area (TPSA) is 73.4 Å². The summed E-state index contributed by atoms with van der Waals surface area (Å²) in [4.78, 5) is 19.4. The number of oxazole rings is 1. The standard InChI is InChI=1S/C21H24N4O3/c1-16-19(23-21(28-16)17-7-3-2-4-8-17)13-20(26)24-10-6-12-27-18(14-24)15-25-11-5-9-22-25/h2-5,7-9,11,18H,6,10,12-15H2,1H3/t18-/m0/s1. The van der Waals surface area contributed by atoms with Crippen LogP contribution in [-0.2, 0) is 22.5 Å². The third kappa shape index (κ3) is 4.31. The largest absolute Gasteiger partial charge is 0.441 e. The first-order valence-corrected chi connectivity index (χ1v) is 9.57. The zero-order chi connectivity index (χ0) is 19.3. The highest BCUT2D eigenvalue weighted by atomic mass is 16.5. The van der Waals surface area contributed by atoms with Gasteiger partial charge < -0.3 is 14.1 Å². The molecule has 1 aromatic carbocycles. The lowest BCUT2D eigenvalue weighted by Crippen LogP contribution is -2.39. The number of ether oxygens (including phenoxy) is 1. The zero-order valence-corrected chi connectivity index (χ0v) is 16.0. The maximum absolute atomic E-state index is 12.9. The molecular formula is C21H24N4O3. The molecule has 0 saturated carbocycles. The third-order valence-corrected chi connectivity index (χ3v) is 4.88. The van der Waals surface area contributed by atoms with Crippen LogP contribution in [0.5, 0.6) is 0 Å². The summed E-state index contributed by atoms with van der Waals surface area (Å²) < 4.78 is 13.5. The highest BCUT2D eigenvalue weighted by molar-refractivity contribution is 5.78. The molecule has 7 heteroatoms. The molecule has 4 rings (SSSR count). The quantitative estimate of drug-likeness (QED) is 0.680. The number of benzene rings is 1. The van der Waals surface area contributed by atoms with E-state index in [0.29, 0.717) is 43.6 Å². The van der Waals surface area contributed by atoms with Crippen LogP contribution >= 0.6 is 0 Å². The molecule has 0 bridgehead atoms. The number of carbonyl (C=O) groups excluding carboxylic acids is 1. The Balaban J connectivity index is 1.43. The van der Waals surface area contributed by atoms with Crippen LogP contribution < -0.4 is 0 Å². The third-order valence-electron chi connectivity index (χ3n) is 4.88. The summed E-state index contributed by atoms with van der Waals surface area (Å²) in [7, 11) is 0. The fourth-order valence-corrected chi connectivity index (χ4v) is 3.40. The lowest BCUT2D eigenvalue weighted by atomic mass is 10.2. The molecule has 0 spiro atoms. The molecular weight excluding hydrogens is 356 g/mol. The van der Waals surface area contributed by atoms with E-state index in [-0.39, 0.29) is 18.4 Å². The molecule has 7 nitrogen and oxygen atoms in total. The molecule has 3 aromatic rings. The maximum Gasteiger partial charge on any atom is 0.228 e. The van der Waals surface area contributed by atoms with Crippen molar-refractivity contribution in [2.75, 3.05) is 19.7 Å². The fraction of sp³-hybridized carbons (Fsp3) is 0.381. The van der Waals surface area contributed by atoms with Crippen molar-refractivity contribution in [3.63, 3.8) is 0 Å². The van der Waals surface area contributed by atoms with Crippen LogP contribution in [0.1, 0.15) is 17.9 Å². The Hall–Kier alpha value is -2.93. The van der Waals surface area contributed by atoms with Crippen LogP contribution in [0.15, 0.2) is 53.2 Å². The Morgan fingerprint density at radius 1 is 1.25 bits per heavy atom. The van der Waals surface area contributed by atoms with Crippen LogP contribution in [0.25, 0.3) is 11.5 Å². The normalized spacial score (nSPS) is 17.5. The molecule has 0 aliphatic carbocycles. The monoisotopic (exact) mass is 380 g/mol. The van der Waals surface area contributed by atoms with E-state index < -0.39 is 0 Å². The average molecular weight is 380 g/mol. The van der Waals surface area contributed by atoms with Crippen molar-refractivity contribution >= 4 is 5.91 Å². The highest BCUT2D eigenvalue weighted by Gasteiger charge is 2.25. The average Bonchev–Trinajstić information content (AvgIpc) is 3.27. The van der Waals surface area contributed by atoms with Crippen molar-refractivity contribution < 1.29 is 13.9 Å². The van der Waals surface area contributed by atoms with Gasteiger partial charge in [0.05, 0.1) is 24.8 Å². The molecule has 28 heavy (non-hydrogen) atoms. The van der Waals surface area contributed by atoms with E-state index in [2.05, 4.69) is 10.1 Å². The number of aryl methyl sites for hydroxylation is 1. The molecule has 1 amide bonds. The van der Waals surface area contributed by atoms with Crippen LogP contribution in [0, 0.1) is 6.92 Å². The number of hydrogen-bond acceptors (Lipinski definition) is 5. The first-order chi connectivity index (χ1) is 13.7. The summed E-state index contributed by atoms with van der Waals surface area (Å²) in [5.74, 6) is 1.29. The maximum atomic E-state index is 12.9. The molecule has 0 unspecified atom stereocenters. The SMILES string of the molecule is Cc1oc(-c2ccccc2)nc1CC(=O)N1CCCO[C@H](Cn2cccn2)C1. The van der Waals surface area contributed by atoms with Crippen LogP contribution in [0.2, 0.25) is 0 Å². The molecule has 1 atom stereocenters. The Morgan fingerprint density at radius 3 is 2.89 bits per heavy atom. The first-order valence-electron chi connectivity index (χ1n) is 9.57. The number of amides is 1. The molecule has 1 saturated heterocycles. The molecule has 146 valence electrons. The van der Waals surface area contributed by atoms with Crippen molar-refractivity contribution in [1.29, 1.82) is 0 Å². The van der Waals surface area contributed by atoms with Gasteiger partial charge in [-0.3, -0.25) is 9.48 Å². The van der Waals surface area contributed by atoms with Crippen molar-refractivity contribution in [3.8, 4) is 11.5 Å². The Morgan fingerprint density at radius 2 is 2.11 bits per heavy atom. The van der Waals surface area contributed by atoms with E-state index in [9.17, 15) is 4.79 Å². The molecule has 1 aliphatic rings. The molecule has 0 radical (unpaired) electrons. The number of rotatable bonds is 5. The smallest absolute Gasteiger partial charge is 0.228 e. The molecule has 1 fully saturated rings. The van der Waals surface area contributed by atoms with E-state index in [0.717, 1.165) is 12.0 Å².